The van der Waals surface area contributed by atoms with Crippen molar-refractivity contribution < 1.29 is 19.2 Å². The second kappa shape index (κ2) is 9.93. The van der Waals surface area contributed by atoms with Crippen LogP contribution < -0.4 is 15.8 Å². The fourth-order valence-corrected chi connectivity index (χ4v) is 2.86. The number of nitrogens with zero attached hydrogens (tertiary/aromatic N) is 2. The highest BCUT2D eigenvalue weighted by Crippen LogP contribution is 2.27. The molecule has 0 bridgehead atoms. The van der Waals surface area contributed by atoms with E-state index >= 15 is 0 Å². The van der Waals surface area contributed by atoms with Crippen molar-refractivity contribution >= 4 is 29.9 Å². The Balaban J connectivity index is 0.00000338. The van der Waals surface area contributed by atoms with Crippen molar-refractivity contribution in [3.05, 3.63) is 33.9 Å². The lowest BCUT2D eigenvalue weighted by molar-refractivity contribution is -0.384. The predicted molar refractivity (Wildman–Crippen MR) is 97.6 cm³/mol. The normalized spacial score (nSPS) is 16.4. The van der Waals surface area contributed by atoms with Crippen molar-refractivity contribution in [1.82, 2.24) is 10.2 Å². The van der Waals surface area contributed by atoms with Crippen LogP contribution in [0.2, 0.25) is 0 Å². The molecule has 1 aromatic carbocycles. The van der Waals surface area contributed by atoms with Crippen LogP contribution >= 0.6 is 12.4 Å². The number of nitro groups is 1. The maximum Gasteiger partial charge on any atom is 0.270 e. The number of carbonyl (C=O) groups is 2. The minimum Gasteiger partial charge on any atom is -0.496 e. The molecule has 0 saturated carbocycles. The number of nitro benzene ring substituents is 1. The Morgan fingerprint density at radius 2 is 2.19 bits per heavy atom. The van der Waals surface area contributed by atoms with Gasteiger partial charge < -0.3 is 20.7 Å². The molecule has 1 saturated heterocycles. The molecule has 2 rings (SSSR count). The summed E-state index contributed by atoms with van der Waals surface area (Å²) in [4.78, 5) is 36.9. The quantitative estimate of drug-likeness (QED) is 0.553. The van der Waals surface area contributed by atoms with E-state index in [0.29, 0.717) is 32.5 Å². The van der Waals surface area contributed by atoms with Crippen molar-refractivity contribution in [3.8, 4) is 5.75 Å². The van der Waals surface area contributed by atoms with Gasteiger partial charge in [0.25, 0.3) is 11.6 Å². The topological polar surface area (TPSA) is 128 Å². The molecule has 26 heavy (non-hydrogen) atoms. The minimum absolute atomic E-state index is 0. The van der Waals surface area contributed by atoms with E-state index in [2.05, 4.69) is 5.32 Å². The van der Waals surface area contributed by atoms with Gasteiger partial charge in [-0.25, -0.2) is 0 Å². The standard InChI is InChI=1S/C16H22N4O5.ClH/c1-25-14-5-4-12(20(23)24)9-13(14)16(22)19-8-2-3-11(10-19)15(21)18-7-6-17;/h4-5,9,11H,2-3,6-8,10,17H2,1H3,(H,18,21);1H. The lowest BCUT2D eigenvalue weighted by Crippen LogP contribution is -2.46. The number of piperidine rings is 1. The van der Waals surface area contributed by atoms with E-state index in [1.165, 1.54) is 30.2 Å². The van der Waals surface area contributed by atoms with Gasteiger partial charge in [-0.2, -0.15) is 0 Å². The zero-order valence-electron chi connectivity index (χ0n) is 14.5. The third kappa shape index (κ3) is 5.06. The Labute approximate surface area is 157 Å². The highest BCUT2D eigenvalue weighted by molar-refractivity contribution is 5.98. The molecular weight excluding hydrogens is 364 g/mol. The molecule has 0 spiro atoms. The van der Waals surface area contributed by atoms with Gasteiger partial charge in [0.2, 0.25) is 5.91 Å². The van der Waals surface area contributed by atoms with Crippen LogP contribution in [0.1, 0.15) is 23.2 Å². The fourth-order valence-electron chi connectivity index (χ4n) is 2.86. The molecule has 2 amide bonds. The first kappa shape index (κ1) is 21.7. The summed E-state index contributed by atoms with van der Waals surface area (Å²) in [5.41, 5.74) is 5.32. The number of ether oxygens (including phenoxy) is 1. The number of benzene rings is 1. The second-order valence-corrected chi connectivity index (χ2v) is 5.81. The Bertz CT molecular complexity index is 670. The van der Waals surface area contributed by atoms with Gasteiger partial charge in [-0.05, 0) is 18.9 Å². The molecule has 9 nitrogen and oxygen atoms in total. The Hall–Kier alpha value is -2.39. The third-order valence-electron chi connectivity index (χ3n) is 4.15. The number of nitrogens with two attached hydrogens (primary N) is 1. The number of hydrogen-bond acceptors (Lipinski definition) is 6. The molecule has 1 fully saturated rings. The first-order valence-electron chi connectivity index (χ1n) is 8.07. The fraction of sp³-hybridized carbons (Fsp3) is 0.500. The largest absolute Gasteiger partial charge is 0.496 e. The summed E-state index contributed by atoms with van der Waals surface area (Å²) in [5, 5.41) is 13.7. The zero-order valence-corrected chi connectivity index (χ0v) is 15.3. The van der Waals surface area contributed by atoms with Crippen LogP contribution in [-0.4, -0.2) is 54.9 Å². The van der Waals surface area contributed by atoms with E-state index in [0.717, 1.165) is 0 Å². The second-order valence-electron chi connectivity index (χ2n) is 5.81. The lowest BCUT2D eigenvalue weighted by Gasteiger charge is -2.32. The summed E-state index contributed by atoms with van der Waals surface area (Å²) in [6.07, 6.45) is 1.37. The monoisotopic (exact) mass is 386 g/mol. The molecule has 0 radical (unpaired) electrons. The van der Waals surface area contributed by atoms with Gasteiger partial charge in [0.1, 0.15) is 5.75 Å². The Morgan fingerprint density at radius 1 is 1.46 bits per heavy atom. The Kier molecular flexibility index (Phi) is 8.27. The smallest absolute Gasteiger partial charge is 0.270 e. The molecule has 1 aromatic rings. The van der Waals surface area contributed by atoms with E-state index in [1.54, 1.807) is 0 Å². The summed E-state index contributed by atoms with van der Waals surface area (Å²) in [5.74, 6) is -0.551. The number of halogens is 1. The summed E-state index contributed by atoms with van der Waals surface area (Å²) in [6.45, 7) is 1.50. The van der Waals surface area contributed by atoms with E-state index in [-0.39, 0.29) is 53.7 Å². The summed E-state index contributed by atoms with van der Waals surface area (Å²) >= 11 is 0. The van der Waals surface area contributed by atoms with E-state index in [9.17, 15) is 19.7 Å². The average molecular weight is 387 g/mol. The average Bonchev–Trinajstić information content (AvgIpc) is 2.64. The summed E-state index contributed by atoms with van der Waals surface area (Å²) in [7, 11) is 1.40. The van der Waals surface area contributed by atoms with Crippen LogP contribution in [0.4, 0.5) is 5.69 Å². The van der Waals surface area contributed by atoms with Crippen molar-refractivity contribution in [2.45, 2.75) is 12.8 Å². The molecular formula is C16H23ClN4O5. The van der Waals surface area contributed by atoms with Crippen LogP contribution in [0.5, 0.6) is 5.75 Å². The van der Waals surface area contributed by atoms with Gasteiger partial charge in [0, 0.05) is 38.3 Å². The molecule has 3 N–H and O–H groups in total. The van der Waals surface area contributed by atoms with Gasteiger partial charge in [0.05, 0.1) is 23.5 Å². The molecule has 0 aromatic heterocycles. The summed E-state index contributed by atoms with van der Waals surface area (Å²) < 4.78 is 5.16. The van der Waals surface area contributed by atoms with E-state index in [1.807, 2.05) is 0 Å². The van der Waals surface area contributed by atoms with Crippen molar-refractivity contribution in [3.63, 3.8) is 0 Å². The molecule has 144 valence electrons. The van der Waals surface area contributed by atoms with Crippen LogP contribution in [0.3, 0.4) is 0 Å². The van der Waals surface area contributed by atoms with Gasteiger partial charge in [-0.1, -0.05) is 0 Å². The molecule has 1 aliphatic heterocycles. The number of rotatable bonds is 6. The van der Waals surface area contributed by atoms with Crippen LogP contribution in [0.15, 0.2) is 18.2 Å². The van der Waals surface area contributed by atoms with Crippen molar-refractivity contribution in [2.24, 2.45) is 11.7 Å². The minimum atomic E-state index is -0.560. The van der Waals surface area contributed by atoms with Crippen LogP contribution in [0.25, 0.3) is 0 Å². The number of amides is 2. The number of non-ortho nitro benzene ring substituents is 1. The molecule has 1 unspecified atom stereocenters. The maximum absolute atomic E-state index is 12.8. The number of nitrogens with one attached hydrogen (secondary N) is 1. The number of likely N-dealkylation sites (tertiary alicyclic amines) is 1. The predicted octanol–water partition coefficient (Wildman–Crippen LogP) is 0.952. The van der Waals surface area contributed by atoms with Gasteiger partial charge in [-0.3, -0.25) is 19.7 Å². The zero-order chi connectivity index (χ0) is 18.4. The summed E-state index contributed by atoms with van der Waals surface area (Å²) in [6, 6.07) is 3.90. The van der Waals surface area contributed by atoms with Crippen LogP contribution in [0, 0.1) is 16.0 Å². The SMILES string of the molecule is COc1ccc([N+](=O)[O-])cc1C(=O)N1CCCC(C(=O)NCCN)C1.Cl. The van der Waals surface area contributed by atoms with Crippen molar-refractivity contribution in [1.29, 1.82) is 0 Å². The van der Waals surface area contributed by atoms with Gasteiger partial charge in [0.15, 0.2) is 0 Å². The molecule has 10 heteroatoms. The first-order chi connectivity index (χ1) is 12.0. The first-order valence-corrected chi connectivity index (χ1v) is 8.07. The number of carbonyl (C=O) groups excluding carboxylic acids is 2. The van der Waals surface area contributed by atoms with Gasteiger partial charge >= 0.3 is 0 Å². The van der Waals surface area contributed by atoms with Gasteiger partial charge in [-0.15, -0.1) is 12.4 Å². The third-order valence-corrected chi connectivity index (χ3v) is 4.15. The number of methoxy groups -OCH3 is 1. The maximum atomic E-state index is 12.8. The Morgan fingerprint density at radius 3 is 2.81 bits per heavy atom. The highest BCUT2D eigenvalue weighted by atomic mass is 35.5. The molecule has 0 aliphatic carbocycles. The highest BCUT2D eigenvalue weighted by Gasteiger charge is 2.30. The molecule has 1 atom stereocenters. The molecule has 1 heterocycles. The lowest BCUT2D eigenvalue weighted by atomic mass is 9.96. The van der Waals surface area contributed by atoms with E-state index in [4.69, 9.17) is 10.5 Å². The van der Waals surface area contributed by atoms with Crippen LogP contribution in [-0.2, 0) is 4.79 Å². The number of hydrogen-bond donors (Lipinski definition) is 2. The van der Waals surface area contributed by atoms with E-state index < -0.39 is 4.92 Å². The van der Waals surface area contributed by atoms with Crippen molar-refractivity contribution in [2.75, 3.05) is 33.3 Å². The molecule has 1 aliphatic rings.